The van der Waals surface area contributed by atoms with Gasteiger partial charge in [0.15, 0.2) is 0 Å². The molecule has 2 aromatic rings. The van der Waals surface area contributed by atoms with Gasteiger partial charge < -0.3 is 15.4 Å². The highest BCUT2D eigenvalue weighted by Crippen LogP contribution is 2.08. The molecule has 2 amide bonds. The highest BCUT2D eigenvalue weighted by Gasteiger charge is 2.06. The molecule has 0 heterocycles. The summed E-state index contributed by atoms with van der Waals surface area (Å²) in [5, 5.41) is 5.62. The fourth-order valence-corrected chi connectivity index (χ4v) is 3.05. The first-order valence-corrected chi connectivity index (χ1v) is 10.6. The van der Waals surface area contributed by atoms with Crippen LogP contribution in [0.15, 0.2) is 54.6 Å². The minimum atomic E-state index is -0.468. The largest absolute Gasteiger partial charge is 0.445 e. The van der Waals surface area contributed by atoms with Crippen LogP contribution in [0.4, 0.5) is 4.79 Å². The summed E-state index contributed by atoms with van der Waals surface area (Å²) >= 11 is 0. The van der Waals surface area contributed by atoms with E-state index in [-0.39, 0.29) is 12.5 Å². The second-order valence-electron chi connectivity index (χ2n) is 7.15. The number of alkyl carbamates (subject to hydrolysis) is 1. The van der Waals surface area contributed by atoms with Crippen molar-refractivity contribution in [3.63, 3.8) is 0 Å². The van der Waals surface area contributed by atoms with Gasteiger partial charge in [0.2, 0.25) is 5.91 Å². The van der Waals surface area contributed by atoms with Gasteiger partial charge in [-0.25, -0.2) is 4.79 Å². The van der Waals surface area contributed by atoms with Crippen LogP contribution in [0.2, 0.25) is 0 Å². The Labute approximate surface area is 179 Å². The lowest BCUT2D eigenvalue weighted by molar-refractivity contribution is -0.121. The minimum absolute atomic E-state index is 0.0244. The molecule has 0 atom stereocenters. The molecule has 6 nitrogen and oxygen atoms in total. The van der Waals surface area contributed by atoms with Crippen molar-refractivity contribution in [1.29, 1.82) is 0 Å². The number of ether oxygens (including phenoxy) is 1. The van der Waals surface area contributed by atoms with Crippen molar-refractivity contribution in [2.75, 3.05) is 19.6 Å². The Hall–Kier alpha value is -2.86. The Balaban J connectivity index is 1.60. The Bertz CT molecular complexity index is 776. The topological polar surface area (TPSA) is 70.7 Å². The molecular formula is C24H33N3O3. The number of carbonyl (C=O) groups excluding carboxylic acids is 2. The predicted molar refractivity (Wildman–Crippen MR) is 119 cm³/mol. The molecule has 0 bridgehead atoms. The molecule has 0 unspecified atom stereocenters. The molecule has 0 fully saturated rings. The fraction of sp³-hybridized carbons (Fsp3) is 0.417. The first-order valence-electron chi connectivity index (χ1n) is 10.6. The molecule has 0 spiro atoms. The van der Waals surface area contributed by atoms with E-state index in [0.29, 0.717) is 25.9 Å². The molecule has 6 heteroatoms. The molecule has 30 heavy (non-hydrogen) atoms. The molecule has 162 valence electrons. The van der Waals surface area contributed by atoms with Crippen molar-refractivity contribution >= 4 is 12.0 Å². The number of rotatable bonds is 12. The standard InChI is InChI=1S/C24H33N3O3/c1-3-27(4-2)18-22-13-8-12-21(16-22)17-26-23(28)14-9-15-25-24(29)30-19-20-10-6-5-7-11-20/h5-8,10-13,16H,3-4,9,14-15,17-19H2,1-2H3,(H,25,29)(H,26,28). The van der Waals surface area contributed by atoms with Crippen LogP contribution in [0.3, 0.4) is 0 Å². The van der Waals surface area contributed by atoms with Gasteiger partial charge in [-0.05, 0) is 36.2 Å². The Kier molecular flexibility index (Phi) is 10.4. The smallest absolute Gasteiger partial charge is 0.407 e. The maximum absolute atomic E-state index is 12.1. The lowest BCUT2D eigenvalue weighted by Crippen LogP contribution is -2.27. The van der Waals surface area contributed by atoms with Crippen molar-refractivity contribution in [1.82, 2.24) is 15.5 Å². The van der Waals surface area contributed by atoms with Gasteiger partial charge in [0.25, 0.3) is 0 Å². The third kappa shape index (κ3) is 9.09. The van der Waals surface area contributed by atoms with E-state index in [0.717, 1.165) is 30.8 Å². The van der Waals surface area contributed by atoms with Gasteiger partial charge in [0, 0.05) is 26.1 Å². The second kappa shape index (κ2) is 13.4. The summed E-state index contributed by atoms with van der Waals surface area (Å²) in [7, 11) is 0. The van der Waals surface area contributed by atoms with E-state index in [9.17, 15) is 9.59 Å². The summed E-state index contributed by atoms with van der Waals surface area (Å²) in [6.45, 7) is 8.42. The zero-order valence-corrected chi connectivity index (χ0v) is 18.0. The maximum Gasteiger partial charge on any atom is 0.407 e. The quantitative estimate of drug-likeness (QED) is 0.521. The Morgan fingerprint density at radius 3 is 2.33 bits per heavy atom. The zero-order chi connectivity index (χ0) is 21.6. The fourth-order valence-electron chi connectivity index (χ4n) is 3.05. The van der Waals surface area contributed by atoms with Crippen molar-refractivity contribution in [3.05, 3.63) is 71.3 Å². The molecular weight excluding hydrogens is 378 g/mol. The van der Waals surface area contributed by atoms with Crippen LogP contribution >= 0.6 is 0 Å². The average molecular weight is 412 g/mol. The monoisotopic (exact) mass is 411 g/mol. The van der Waals surface area contributed by atoms with Crippen molar-refractivity contribution in [3.8, 4) is 0 Å². The average Bonchev–Trinajstić information content (AvgIpc) is 2.78. The normalized spacial score (nSPS) is 10.6. The van der Waals surface area contributed by atoms with E-state index in [1.165, 1.54) is 5.56 Å². The molecule has 0 saturated heterocycles. The lowest BCUT2D eigenvalue weighted by Gasteiger charge is -2.18. The Morgan fingerprint density at radius 1 is 0.900 bits per heavy atom. The summed E-state index contributed by atoms with van der Waals surface area (Å²) in [5.41, 5.74) is 3.28. The van der Waals surface area contributed by atoms with Crippen molar-refractivity contribution < 1.29 is 14.3 Å². The maximum atomic E-state index is 12.1. The summed E-state index contributed by atoms with van der Waals surface area (Å²) in [6.07, 6.45) is 0.455. The molecule has 0 aliphatic heterocycles. The molecule has 2 rings (SSSR count). The number of hydrogen-bond donors (Lipinski definition) is 2. The van der Waals surface area contributed by atoms with Gasteiger partial charge in [0.05, 0.1) is 0 Å². The van der Waals surface area contributed by atoms with Crippen molar-refractivity contribution in [2.24, 2.45) is 0 Å². The molecule has 0 aromatic heterocycles. The van der Waals surface area contributed by atoms with E-state index in [1.807, 2.05) is 42.5 Å². The number of nitrogens with zero attached hydrogens (tertiary/aromatic N) is 1. The molecule has 2 aromatic carbocycles. The molecule has 0 saturated carbocycles. The number of amides is 2. The third-order valence-electron chi connectivity index (χ3n) is 4.84. The van der Waals surface area contributed by atoms with Gasteiger partial charge in [-0.1, -0.05) is 68.4 Å². The highest BCUT2D eigenvalue weighted by molar-refractivity contribution is 5.76. The predicted octanol–water partition coefficient (Wildman–Crippen LogP) is 3.85. The van der Waals surface area contributed by atoms with Crippen molar-refractivity contribution in [2.45, 2.75) is 46.4 Å². The SMILES string of the molecule is CCN(CC)Cc1cccc(CNC(=O)CCCNC(=O)OCc2ccccc2)c1. The van der Waals surface area contributed by atoms with E-state index >= 15 is 0 Å². The molecule has 2 N–H and O–H groups in total. The van der Waals surface area contributed by atoms with Crippen LogP contribution in [-0.4, -0.2) is 36.5 Å². The molecule has 0 aliphatic carbocycles. The van der Waals surface area contributed by atoms with Crippen LogP contribution in [0, 0.1) is 0 Å². The van der Waals surface area contributed by atoms with Crippen LogP contribution < -0.4 is 10.6 Å². The van der Waals surface area contributed by atoms with Gasteiger partial charge in [0.1, 0.15) is 6.61 Å². The molecule has 0 aliphatic rings. The zero-order valence-electron chi connectivity index (χ0n) is 18.0. The molecule has 0 radical (unpaired) electrons. The number of hydrogen-bond acceptors (Lipinski definition) is 4. The Morgan fingerprint density at radius 2 is 1.60 bits per heavy atom. The van der Waals surface area contributed by atoms with E-state index in [1.54, 1.807) is 0 Å². The van der Waals surface area contributed by atoms with E-state index in [4.69, 9.17) is 4.74 Å². The summed E-state index contributed by atoms with van der Waals surface area (Å²) in [6, 6.07) is 17.8. The summed E-state index contributed by atoms with van der Waals surface area (Å²) in [5.74, 6) is -0.0244. The first-order chi connectivity index (χ1) is 14.6. The van der Waals surface area contributed by atoms with Crippen LogP contribution in [0.5, 0.6) is 0 Å². The van der Waals surface area contributed by atoms with Crippen LogP contribution in [0.25, 0.3) is 0 Å². The number of benzene rings is 2. The summed E-state index contributed by atoms with van der Waals surface area (Å²) in [4.78, 5) is 26.1. The minimum Gasteiger partial charge on any atom is -0.445 e. The van der Waals surface area contributed by atoms with Gasteiger partial charge in [-0.15, -0.1) is 0 Å². The number of carbonyl (C=O) groups is 2. The van der Waals surface area contributed by atoms with E-state index in [2.05, 4.69) is 41.5 Å². The number of nitrogens with one attached hydrogen (secondary N) is 2. The van der Waals surface area contributed by atoms with Crippen LogP contribution in [0.1, 0.15) is 43.4 Å². The summed E-state index contributed by atoms with van der Waals surface area (Å²) < 4.78 is 5.14. The van der Waals surface area contributed by atoms with E-state index < -0.39 is 6.09 Å². The van der Waals surface area contributed by atoms with Gasteiger partial charge >= 0.3 is 6.09 Å². The van der Waals surface area contributed by atoms with Gasteiger partial charge in [-0.2, -0.15) is 0 Å². The highest BCUT2D eigenvalue weighted by atomic mass is 16.5. The van der Waals surface area contributed by atoms with Gasteiger partial charge in [-0.3, -0.25) is 9.69 Å². The second-order valence-corrected chi connectivity index (χ2v) is 7.15. The first kappa shape index (κ1) is 23.4. The van der Waals surface area contributed by atoms with Crippen LogP contribution in [-0.2, 0) is 29.2 Å². The lowest BCUT2D eigenvalue weighted by atomic mass is 10.1. The third-order valence-corrected chi connectivity index (χ3v) is 4.84.